The number of carbonyl (C=O) groups excluding carboxylic acids is 1. The summed E-state index contributed by atoms with van der Waals surface area (Å²) >= 11 is 12.4. The number of hydrogen-bond acceptors (Lipinski definition) is 3. The van der Waals surface area contributed by atoms with Crippen molar-refractivity contribution in [2.24, 2.45) is 0 Å². The molecule has 0 bridgehead atoms. The molecule has 1 aliphatic heterocycles. The minimum atomic E-state index is -0.0200. The van der Waals surface area contributed by atoms with Crippen LogP contribution in [0.15, 0.2) is 48.5 Å². The van der Waals surface area contributed by atoms with Gasteiger partial charge in [-0.1, -0.05) is 35.3 Å². The predicted molar refractivity (Wildman–Crippen MR) is 106 cm³/mol. The summed E-state index contributed by atoms with van der Waals surface area (Å²) in [7, 11) is 1.62. The van der Waals surface area contributed by atoms with Crippen LogP contribution in [-0.2, 0) is 4.79 Å². The molecular weight excluding hydrogens is 371 g/mol. The highest BCUT2D eigenvalue weighted by Gasteiger charge is 2.17. The third kappa shape index (κ3) is 4.58. The Balaban J connectivity index is 2.02. The van der Waals surface area contributed by atoms with Crippen LogP contribution < -0.4 is 10.1 Å². The van der Waals surface area contributed by atoms with Gasteiger partial charge in [0.25, 0.3) is 0 Å². The van der Waals surface area contributed by atoms with Crippen molar-refractivity contribution in [3.8, 4) is 5.75 Å². The summed E-state index contributed by atoms with van der Waals surface area (Å²) in [5.74, 6) is 0.735. The highest BCUT2D eigenvalue weighted by atomic mass is 35.5. The van der Waals surface area contributed by atoms with Gasteiger partial charge < -0.3 is 15.0 Å². The number of hydrogen-bond donors (Lipinski definition) is 1. The van der Waals surface area contributed by atoms with E-state index in [1.54, 1.807) is 19.3 Å². The monoisotopic (exact) mass is 390 g/mol. The van der Waals surface area contributed by atoms with Gasteiger partial charge in [-0.2, -0.15) is 0 Å². The van der Waals surface area contributed by atoms with Crippen LogP contribution in [0.3, 0.4) is 0 Å². The summed E-state index contributed by atoms with van der Waals surface area (Å²) in [4.78, 5) is 14.6. The molecule has 1 N–H and O–H groups in total. The van der Waals surface area contributed by atoms with Gasteiger partial charge in [-0.15, -0.1) is 0 Å². The molecule has 1 fully saturated rings. The van der Waals surface area contributed by atoms with Crippen LogP contribution in [0, 0.1) is 0 Å². The Morgan fingerprint density at radius 1 is 1.04 bits per heavy atom. The molecule has 1 heterocycles. The van der Waals surface area contributed by atoms with Gasteiger partial charge in [0.2, 0.25) is 5.91 Å². The van der Waals surface area contributed by atoms with Crippen molar-refractivity contribution in [3.05, 3.63) is 69.7 Å². The lowest BCUT2D eigenvalue weighted by Gasteiger charge is -2.26. The number of halogens is 2. The van der Waals surface area contributed by atoms with E-state index in [1.807, 2.05) is 41.3 Å². The summed E-state index contributed by atoms with van der Waals surface area (Å²) in [6, 6.07) is 12.9. The zero-order valence-corrected chi connectivity index (χ0v) is 16.0. The quantitative estimate of drug-likeness (QED) is 0.805. The maximum atomic E-state index is 12.8. The van der Waals surface area contributed by atoms with Crippen LogP contribution in [0.1, 0.15) is 11.1 Å². The molecule has 0 spiro atoms. The third-order valence-corrected chi connectivity index (χ3v) is 4.71. The van der Waals surface area contributed by atoms with E-state index in [4.69, 9.17) is 27.9 Å². The van der Waals surface area contributed by atoms with Gasteiger partial charge >= 0.3 is 0 Å². The van der Waals surface area contributed by atoms with Crippen molar-refractivity contribution >= 4 is 34.7 Å². The highest BCUT2D eigenvalue weighted by Crippen LogP contribution is 2.30. The van der Waals surface area contributed by atoms with E-state index in [9.17, 15) is 4.79 Å². The Labute approximate surface area is 163 Å². The predicted octanol–water partition coefficient (Wildman–Crippen LogP) is 3.87. The molecule has 0 saturated carbocycles. The Hall–Kier alpha value is -2.01. The largest absolute Gasteiger partial charge is 0.497 e. The first-order valence-electron chi connectivity index (χ1n) is 8.39. The van der Waals surface area contributed by atoms with Gasteiger partial charge in [0, 0.05) is 42.3 Å². The molecule has 2 aromatic rings. The number of carbonyl (C=O) groups is 1. The molecule has 2 aromatic carbocycles. The van der Waals surface area contributed by atoms with Gasteiger partial charge in [0.05, 0.1) is 7.11 Å². The van der Waals surface area contributed by atoms with Crippen LogP contribution in [0.2, 0.25) is 10.0 Å². The molecule has 1 amide bonds. The topological polar surface area (TPSA) is 41.6 Å². The Morgan fingerprint density at radius 3 is 2.23 bits per heavy atom. The molecule has 6 heteroatoms. The number of piperazine rings is 1. The second kappa shape index (κ2) is 8.58. The minimum absolute atomic E-state index is 0.0200. The van der Waals surface area contributed by atoms with E-state index in [1.165, 1.54) is 0 Å². The van der Waals surface area contributed by atoms with Gasteiger partial charge in [0.1, 0.15) is 5.75 Å². The van der Waals surface area contributed by atoms with Crippen molar-refractivity contribution in [3.63, 3.8) is 0 Å². The third-order valence-electron chi connectivity index (χ3n) is 4.27. The number of methoxy groups -OCH3 is 1. The summed E-state index contributed by atoms with van der Waals surface area (Å²) < 4.78 is 5.23. The van der Waals surface area contributed by atoms with Crippen LogP contribution in [-0.4, -0.2) is 44.1 Å². The van der Waals surface area contributed by atoms with Crippen molar-refractivity contribution in [1.82, 2.24) is 10.2 Å². The van der Waals surface area contributed by atoms with Crippen LogP contribution in [0.5, 0.6) is 5.75 Å². The van der Waals surface area contributed by atoms with E-state index in [0.717, 1.165) is 35.5 Å². The first-order chi connectivity index (χ1) is 12.6. The number of ether oxygens (including phenoxy) is 1. The number of benzene rings is 2. The highest BCUT2D eigenvalue weighted by molar-refractivity contribution is 6.35. The lowest BCUT2D eigenvalue weighted by atomic mass is 9.97. The lowest BCUT2D eigenvalue weighted by Crippen LogP contribution is -2.45. The molecule has 0 aliphatic carbocycles. The Kier molecular flexibility index (Phi) is 6.20. The summed E-state index contributed by atoms with van der Waals surface area (Å²) in [6.45, 7) is 3.00. The van der Waals surface area contributed by atoms with Crippen molar-refractivity contribution in [2.45, 2.75) is 0 Å². The van der Waals surface area contributed by atoms with E-state index in [0.29, 0.717) is 23.1 Å². The van der Waals surface area contributed by atoms with Crippen molar-refractivity contribution in [1.29, 1.82) is 0 Å². The molecule has 26 heavy (non-hydrogen) atoms. The van der Waals surface area contributed by atoms with Gasteiger partial charge in [-0.05, 0) is 47.0 Å². The summed E-state index contributed by atoms with van der Waals surface area (Å²) in [5, 5.41) is 4.31. The fraction of sp³-hybridized carbons (Fsp3) is 0.250. The Morgan fingerprint density at radius 2 is 1.65 bits per heavy atom. The van der Waals surface area contributed by atoms with Crippen LogP contribution in [0.4, 0.5) is 0 Å². The minimum Gasteiger partial charge on any atom is -0.497 e. The van der Waals surface area contributed by atoms with Crippen molar-refractivity contribution < 1.29 is 9.53 Å². The smallest absolute Gasteiger partial charge is 0.247 e. The second-order valence-electron chi connectivity index (χ2n) is 6.02. The van der Waals surface area contributed by atoms with E-state index in [2.05, 4.69) is 5.32 Å². The normalized spacial score (nSPS) is 15.0. The molecule has 3 rings (SSSR count). The molecule has 0 radical (unpaired) electrons. The van der Waals surface area contributed by atoms with E-state index < -0.39 is 0 Å². The van der Waals surface area contributed by atoms with Crippen LogP contribution in [0.25, 0.3) is 5.57 Å². The SMILES string of the molecule is COc1ccc(/C(=C\C(=O)N2CCNCC2)c2cc(Cl)cc(Cl)c2)cc1. The van der Waals surface area contributed by atoms with E-state index in [-0.39, 0.29) is 5.91 Å². The average Bonchev–Trinajstić information content (AvgIpc) is 2.66. The molecule has 0 unspecified atom stereocenters. The fourth-order valence-corrected chi connectivity index (χ4v) is 3.44. The zero-order chi connectivity index (χ0) is 18.5. The molecule has 1 aliphatic rings. The number of amides is 1. The summed E-state index contributed by atoms with van der Waals surface area (Å²) in [5.41, 5.74) is 2.48. The fourth-order valence-electron chi connectivity index (χ4n) is 2.91. The zero-order valence-electron chi connectivity index (χ0n) is 14.5. The first-order valence-corrected chi connectivity index (χ1v) is 9.14. The maximum absolute atomic E-state index is 12.8. The number of nitrogens with one attached hydrogen (secondary N) is 1. The molecule has 0 atom stereocenters. The summed E-state index contributed by atoms with van der Waals surface area (Å²) in [6.07, 6.45) is 1.66. The maximum Gasteiger partial charge on any atom is 0.247 e. The molecule has 4 nitrogen and oxygen atoms in total. The lowest BCUT2D eigenvalue weighted by molar-refractivity contribution is -0.126. The molecule has 1 saturated heterocycles. The van der Waals surface area contributed by atoms with Crippen LogP contribution >= 0.6 is 23.2 Å². The van der Waals surface area contributed by atoms with Gasteiger partial charge in [-0.3, -0.25) is 4.79 Å². The number of nitrogens with zero attached hydrogens (tertiary/aromatic N) is 1. The number of rotatable bonds is 4. The molecule has 0 aromatic heterocycles. The first kappa shape index (κ1) is 18.8. The van der Waals surface area contributed by atoms with Gasteiger partial charge in [-0.25, -0.2) is 0 Å². The molecular formula is C20H20Cl2N2O2. The van der Waals surface area contributed by atoms with E-state index >= 15 is 0 Å². The molecule has 136 valence electrons. The van der Waals surface area contributed by atoms with Gasteiger partial charge in [0.15, 0.2) is 0 Å². The second-order valence-corrected chi connectivity index (χ2v) is 6.89. The standard InChI is InChI=1S/C20H20Cl2N2O2/c1-26-18-4-2-14(3-5-18)19(15-10-16(21)12-17(22)11-15)13-20(25)24-8-6-23-7-9-24/h2-5,10-13,23H,6-9H2,1H3/b19-13+. The Bertz CT molecular complexity index is 793. The average molecular weight is 391 g/mol. The van der Waals surface area contributed by atoms with Crippen molar-refractivity contribution in [2.75, 3.05) is 33.3 Å².